The van der Waals surface area contributed by atoms with E-state index in [-0.39, 0.29) is 13.0 Å². The second kappa shape index (κ2) is 11.5. The SMILES string of the molecule is O=C(O)C[C@@H](CNC(=O)OCOC(=O)C=Cc1ccccc1)c1ccc(Cl)cc1. The van der Waals surface area contributed by atoms with Gasteiger partial charge in [-0.1, -0.05) is 54.1 Å². The number of aliphatic carboxylic acids is 1. The maximum Gasteiger partial charge on any atom is 0.410 e. The van der Waals surface area contributed by atoms with Crippen molar-refractivity contribution in [1.29, 1.82) is 0 Å². The van der Waals surface area contributed by atoms with E-state index in [4.69, 9.17) is 26.2 Å². The van der Waals surface area contributed by atoms with Gasteiger partial charge in [0.1, 0.15) is 0 Å². The van der Waals surface area contributed by atoms with Gasteiger partial charge >= 0.3 is 18.0 Å². The largest absolute Gasteiger partial charge is 0.481 e. The van der Waals surface area contributed by atoms with Gasteiger partial charge in [0, 0.05) is 23.6 Å². The first-order valence-corrected chi connectivity index (χ1v) is 9.09. The third-order valence-electron chi connectivity index (χ3n) is 3.86. The van der Waals surface area contributed by atoms with Crippen LogP contribution in [0.5, 0.6) is 0 Å². The van der Waals surface area contributed by atoms with Gasteiger partial charge in [0.15, 0.2) is 0 Å². The summed E-state index contributed by atoms with van der Waals surface area (Å²) in [4.78, 5) is 34.4. The molecule has 0 aliphatic heterocycles. The lowest BCUT2D eigenvalue weighted by atomic mass is 9.96. The summed E-state index contributed by atoms with van der Waals surface area (Å²) in [5.41, 5.74) is 1.55. The van der Waals surface area contributed by atoms with Crippen molar-refractivity contribution < 1.29 is 29.0 Å². The lowest BCUT2D eigenvalue weighted by molar-refractivity contribution is -0.145. The van der Waals surface area contributed by atoms with Gasteiger partial charge in [-0.2, -0.15) is 0 Å². The van der Waals surface area contributed by atoms with E-state index in [9.17, 15) is 14.4 Å². The molecule has 29 heavy (non-hydrogen) atoms. The Labute approximate surface area is 172 Å². The Kier molecular flexibility index (Phi) is 8.72. The summed E-state index contributed by atoms with van der Waals surface area (Å²) in [6.45, 7) is -0.525. The fraction of sp³-hybridized carbons (Fsp3) is 0.190. The van der Waals surface area contributed by atoms with E-state index in [2.05, 4.69) is 5.32 Å². The van der Waals surface area contributed by atoms with Crippen molar-refractivity contribution in [3.63, 3.8) is 0 Å². The Hall–Kier alpha value is -3.32. The minimum Gasteiger partial charge on any atom is -0.481 e. The number of carbonyl (C=O) groups excluding carboxylic acids is 2. The summed E-state index contributed by atoms with van der Waals surface area (Å²) in [6.07, 6.45) is 1.79. The van der Waals surface area contributed by atoms with Crippen LogP contribution in [0.1, 0.15) is 23.5 Å². The van der Waals surface area contributed by atoms with Gasteiger partial charge in [-0.15, -0.1) is 0 Å². The van der Waals surface area contributed by atoms with Crippen LogP contribution in [0, 0.1) is 0 Å². The average Bonchev–Trinajstić information content (AvgIpc) is 2.71. The van der Waals surface area contributed by atoms with Crippen LogP contribution >= 0.6 is 11.6 Å². The van der Waals surface area contributed by atoms with Crippen LogP contribution < -0.4 is 5.32 Å². The molecule has 2 rings (SSSR count). The number of esters is 1. The van der Waals surface area contributed by atoms with Crippen molar-refractivity contribution in [1.82, 2.24) is 5.32 Å². The van der Waals surface area contributed by atoms with Crippen molar-refractivity contribution in [3.8, 4) is 0 Å². The number of benzene rings is 2. The summed E-state index contributed by atoms with van der Waals surface area (Å²) < 4.78 is 9.57. The number of rotatable bonds is 9. The normalized spacial score (nSPS) is 11.6. The Balaban J connectivity index is 1.75. The predicted molar refractivity (Wildman–Crippen MR) is 107 cm³/mol. The molecule has 1 amide bonds. The van der Waals surface area contributed by atoms with Crippen molar-refractivity contribution in [2.24, 2.45) is 0 Å². The number of halogens is 1. The zero-order valence-corrected chi connectivity index (χ0v) is 16.2. The number of nitrogens with one attached hydrogen (secondary N) is 1. The standard InChI is InChI=1S/C21H20ClNO6/c22-18-9-7-16(8-10-18)17(12-19(24)25)13-23-21(27)29-14-28-20(26)11-6-15-4-2-1-3-5-15/h1-11,17H,12-14H2,(H,23,27)(H,24,25)/t17-/m0/s1. The predicted octanol–water partition coefficient (Wildman–Crippen LogP) is 3.84. The van der Waals surface area contributed by atoms with E-state index in [0.717, 1.165) is 11.1 Å². The fourth-order valence-corrected chi connectivity index (χ4v) is 2.55. The van der Waals surface area contributed by atoms with Gasteiger partial charge in [-0.25, -0.2) is 9.59 Å². The van der Waals surface area contributed by atoms with Crippen LogP contribution in [0.2, 0.25) is 5.02 Å². The summed E-state index contributed by atoms with van der Waals surface area (Å²) in [5.74, 6) is -2.13. The van der Waals surface area contributed by atoms with E-state index >= 15 is 0 Å². The van der Waals surface area contributed by atoms with Crippen LogP contribution in [0.3, 0.4) is 0 Å². The molecule has 152 valence electrons. The molecule has 0 unspecified atom stereocenters. The molecule has 0 heterocycles. The number of carboxylic acid groups (broad SMARTS) is 1. The quantitative estimate of drug-likeness (QED) is 0.365. The van der Waals surface area contributed by atoms with Gasteiger partial charge < -0.3 is 19.9 Å². The first kappa shape index (κ1) is 22.0. The molecule has 2 aromatic carbocycles. The van der Waals surface area contributed by atoms with Crippen molar-refractivity contribution in [2.75, 3.05) is 13.3 Å². The van der Waals surface area contributed by atoms with Crippen molar-refractivity contribution in [2.45, 2.75) is 12.3 Å². The Bertz CT molecular complexity index is 851. The number of alkyl carbamates (subject to hydrolysis) is 1. The van der Waals surface area contributed by atoms with Gasteiger partial charge in [0.05, 0.1) is 6.42 Å². The lowest BCUT2D eigenvalue weighted by Gasteiger charge is -2.16. The van der Waals surface area contributed by atoms with Crippen LogP contribution in [-0.2, 0) is 19.1 Å². The maximum atomic E-state index is 11.8. The van der Waals surface area contributed by atoms with Crippen LogP contribution in [0.25, 0.3) is 6.08 Å². The third-order valence-corrected chi connectivity index (χ3v) is 4.11. The maximum absolute atomic E-state index is 11.8. The molecule has 0 spiro atoms. The molecule has 0 saturated carbocycles. The zero-order valence-electron chi connectivity index (χ0n) is 15.4. The number of carbonyl (C=O) groups is 3. The molecule has 0 aliphatic rings. The summed E-state index contributed by atoms with van der Waals surface area (Å²) in [5, 5.41) is 12.1. The summed E-state index contributed by atoms with van der Waals surface area (Å²) in [7, 11) is 0. The number of hydrogen-bond donors (Lipinski definition) is 2. The zero-order chi connectivity index (χ0) is 21.1. The Morgan fingerprint density at radius 1 is 1.03 bits per heavy atom. The van der Waals surface area contributed by atoms with Gasteiger partial charge in [-0.05, 0) is 29.3 Å². The number of amides is 1. The van der Waals surface area contributed by atoms with Gasteiger partial charge in [-0.3, -0.25) is 4.79 Å². The molecule has 2 N–H and O–H groups in total. The second-order valence-corrected chi connectivity index (χ2v) is 6.42. The molecule has 0 bridgehead atoms. The molecular formula is C21H20ClNO6. The van der Waals surface area contributed by atoms with Crippen LogP contribution in [0.15, 0.2) is 60.7 Å². The molecule has 0 fully saturated rings. The first-order valence-electron chi connectivity index (χ1n) is 8.72. The van der Waals surface area contributed by atoms with E-state index in [0.29, 0.717) is 5.02 Å². The monoisotopic (exact) mass is 417 g/mol. The molecule has 2 aromatic rings. The average molecular weight is 418 g/mol. The molecule has 7 nitrogen and oxygen atoms in total. The summed E-state index contributed by atoms with van der Waals surface area (Å²) in [6, 6.07) is 15.9. The van der Waals surface area contributed by atoms with E-state index in [1.165, 1.54) is 6.08 Å². The minimum absolute atomic E-state index is 0.0363. The Morgan fingerprint density at radius 3 is 2.38 bits per heavy atom. The van der Waals surface area contributed by atoms with E-state index in [1.54, 1.807) is 30.3 Å². The number of carboxylic acids is 1. The number of ether oxygens (including phenoxy) is 2. The molecule has 0 aromatic heterocycles. The van der Waals surface area contributed by atoms with Gasteiger partial charge in [0.25, 0.3) is 0 Å². The van der Waals surface area contributed by atoms with Crippen LogP contribution in [-0.4, -0.2) is 36.5 Å². The van der Waals surface area contributed by atoms with Crippen LogP contribution in [0.4, 0.5) is 4.79 Å². The fourth-order valence-electron chi connectivity index (χ4n) is 2.43. The molecule has 1 atom stereocenters. The number of hydrogen-bond acceptors (Lipinski definition) is 5. The third kappa shape index (κ3) is 8.49. The molecule has 0 radical (unpaired) electrons. The lowest BCUT2D eigenvalue weighted by Crippen LogP contribution is -2.30. The molecular weight excluding hydrogens is 398 g/mol. The van der Waals surface area contributed by atoms with Gasteiger partial charge in [0.2, 0.25) is 6.79 Å². The highest BCUT2D eigenvalue weighted by atomic mass is 35.5. The van der Waals surface area contributed by atoms with Crippen molar-refractivity contribution >= 4 is 35.7 Å². The van der Waals surface area contributed by atoms with Crippen molar-refractivity contribution in [3.05, 3.63) is 76.8 Å². The molecule has 0 aliphatic carbocycles. The molecule has 8 heteroatoms. The van der Waals surface area contributed by atoms with E-state index in [1.807, 2.05) is 30.3 Å². The highest BCUT2D eigenvalue weighted by Gasteiger charge is 2.17. The summed E-state index contributed by atoms with van der Waals surface area (Å²) >= 11 is 5.84. The topological polar surface area (TPSA) is 102 Å². The Morgan fingerprint density at radius 2 is 1.72 bits per heavy atom. The minimum atomic E-state index is -1.00. The highest BCUT2D eigenvalue weighted by Crippen LogP contribution is 2.21. The first-order chi connectivity index (χ1) is 13.9. The highest BCUT2D eigenvalue weighted by molar-refractivity contribution is 6.30. The van der Waals surface area contributed by atoms with E-state index < -0.39 is 30.7 Å². The second-order valence-electron chi connectivity index (χ2n) is 5.98. The molecule has 0 saturated heterocycles. The smallest absolute Gasteiger partial charge is 0.410 e.